The Morgan fingerprint density at radius 2 is 1.58 bits per heavy atom. The number of rotatable bonds is 3. The number of hydrogen-bond donors (Lipinski definition) is 4. The van der Waals surface area contributed by atoms with Crippen molar-refractivity contribution >= 4 is 23.7 Å². The summed E-state index contributed by atoms with van der Waals surface area (Å²) in [5.74, 6) is 3.50. The van der Waals surface area contributed by atoms with E-state index < -0.39 is 0 Å². The Morgan fingerprint density at radius 1 is 1.00 bits per heavy atom. The van der Waals surface area contributed by atoms with Crippen LogP contribution < -0.4 is 15.9 Å². The van der Waals surface area contributed by atoms with Gasteiger partial charge in [-0.2, -0.15) is 0 Å². The Labute approximate surface area is 158 Å². The fourth-order valence-electron chi connectivity index (χ4n) is 3.82. The first kappa shape index (κ1) is 18.8. The van der Waals surface area contributed by atoms with Crippen LogP contribution in [0.4, 0.5) is 10.5 Å². The lowest BCUT2D eigenvalue weighted by Crippen LogP contribution is -2.24. The summed E-state index contributed by atoms with van der Waals surface area (Å²) in [5.41, 5.74) is 7.94. The van der Waals surface area contributed by atoms with E-state index in [4.69, 9.17) is 5.21 Å². The minimum Gasteiger partial charge on any atom is -0.320 e. The number of nitrogens with two attached hydrogens (primary N) is 1. The van der Waals surface area contributed by atoms with E-state index in [1.807, 2.05) is 12.1 Å². The van der Waals surface area contributed by atoms with Gasteiger partial charge in [-0.05, 0) is 91.8 Å². The highest BCUT2D eigenvalue weighted by Gasteiger charge is 2.24. The van der Waals surface area contributed by atoms with Crippen LogP contribution in [0.25, 0.3) is 0 Å². The number of carbonyl (C=O) groups is 1. The zero-order chi connectivity index (χ0) is 18.5. The number of aryl methyl sites for hydroxylation is 3. The third kappa shape index (κ3) is 4.03. The van der Waals surface area contributed by atoms with E-state index in [0.29, 0.717) is 0 Å². The lowest BCUT2D eigenvalue weighted by molar-refractivity contribution is 0.257. The van der Waals surface area contributed by atoms with Crippen molar-refractivity contribution in [3.63, 3.8) is 0 Å². The molecule has 0 aliphatic heterocycles. The van der Waals surface area contributed by atoms with Crippen molar-refractivity contribution in [1.29, 1.82) is 0 Å². The average Bonchev–Trinajstić information content (AvgIpc) is 3.32. The van der Waals surface area contributed by atoms with Gasteiger partial charge in [0.1, 0.15) is 0 Å². The SMILES string of the molecule is Cc1ccc(SNC(=O)Nc2c3c(cc4c2CCC4)CCC3)cc1.NO. The van der Waals surface area contributed by atoms with Crippen molar-refractivity contribution in [3.8, 4) is 0 Å². The smallest absolute Gasteiger partial charge is 0.320 e. The number of benzene rings is 2. The molecule has 2 aliphatic carbocycles. The lowest BCUT2D eigenvalue weighted by atomic mass is 9.99. The van der Waals surface area contributed by atoms with Gasteiger partial charge in [0.2, 0.25) is 0 Å². The molecule has 0 saturated heterocycles. The molecule has 4 rings (SSSR count). The van der Waals surface area contributed by atoms with Gasteiger partial charge < -0.3 is 10.5 Å². The predicted molar refractivity (Wildman–Crippen MR) is 106 cm³/mol. The van der Waals surface area contributed by atoms with Gasteiger partial charge in [0.15, 0.2) is 0 Å². The van der Waals surface area contributed by atoms with Gasteiger partial charge in [-0.1, -0.05) is 23.8 Å². The molecule has 2 amide bonds. The van der Waals surface area contributed by atoms with E-state index in [1.165, 1.54) is 52.6 Å². The summed E-state index contributed by atoms with van der Waals surface area (Å²) in [6, 6.07) is 10.4. The van der Waals surface area contributed by atoms with Gasteiger partial charge in [-0.3, -0.25) is 4.72 Å². The molecule has 0 unspecified atom stereocenters. The van der Waals surface area contributed by atoms with Crippen LogP contribution in [0.2, 0.25) is 0 Å². The number of fused-ring (bicyclic) bond motifs is 2. The summed E-state index contributed by atoms with van der Waals surface area (Å²) in [7, 11) is 0. The number of anilines is 1. The largest absolute Gasteiger partial charge is 0.329 e. The van der Waals surface area contributed by atoms with Crippen LogP contribution in [0.3, 0.4) is 0 Å². The fraction of sp³-hybridized carbons (Fsp3) is 0.350. The highest BCUT2D eigenvalue weighted by atomic mass is 32.2. The van der Waals surface area contributed by atoms with Gasteiger partial charge in [0, 0.05) is 10.6 Å². The summed E-state index contributed by atoms with van der Waals surface area (Å²) in [6.45, 7) is 2.06. The molecule has 6 heteroatoms. The molecule has 26 heavy (non-hydrogen) atoms. The Bertz CT molecular complexity index is 758. The third-order valence-corrected chi connectivity index (χ3v) is 5.79. The van der Waals surface area contributed by atoms with E-state index in [1.54, 1.807) is 0 Å². The molecule has 0 aromatic heterocycles. The predicted octanol–water partition coefficient (Wildman–Crippen LogP) is 4.14. The molecule has 0 radical (unpaired) electrons. The average molecular weight is 372 g/mol. The summed E-state index contributed by atoms with van der Waals surface area (Å²) >= 11 is 1.36. The van der Waals surface area contributed by atoms with Crippen LogP contribution in [0.15, 0.2) is 35.2 Å². The minimum atomic E-state index is -0.130. The molecule has 0 spiro atoms. The Balaban J connectivity index is 0.000000948. The summed E-state index contributed by atoms with van der Waals surface area (Å²) in [4.78, 5) is 13.5. The molecule has 2 aliphatic rings. The maximum absolute atomic E-state index is 12.4. The second-order valence-electron chi connectivity index (χ2n) is 6.71. The molecule has 2 aromatic carbocycles. The standard InChI is InChI=1S/C20H22N2OS.H3NO/c1-13-8-10-16(11-9-13)24-22-20(23)21-19-17-6-2-4-14(17)12-15-5-3-7-18(15)19;1-2/h8-12H,2-7H2,1H3,(H2,21,22,23);2H,1H2. The van der Waals surface area contributed by atoms with E-state index in [2.05, 4.69) is 41.1 Å². The molecular formula is C20H25N3O2S. The summed E-state index contributed by atoms with van der Waals surface area (Å²) in [5, 5.41) is 9.65. The van der Waals surface area contributed by atoms with Crippen LogP contribution in [0, 0.1) is 6.92 Å². The Morgan fingerprint density at radius 3 is 2.15 bits per heavy atom. The number of urea groups is 1. The van der Waals surface area contributed by atoms with E-state index in [9.17, 15) is 4.79 Å². The first-order chi connectivity index (χ1) is 12.7. The molecule has 2 aromatic rings. The highest BCUT2D eigenvalue weighted by Crippen LogP contribution is 2.38. The molecule has 0 bridgehead atoms. The fourth-order valence-corrected chi connectivity index (χ4v) is 4.35. The maximum Gasteiger partial charge on any atom is 0.329 e. The van der Waals surface area contributed by atoms with Crippen molar-refractivity contribution in [1.82, 2.24) is 4.72 Å². The normalized spacial score (nSPS) is 14.1. The Hall–Kier alpha value is -2.02. The number of hydrogen-bond acceptors (Lipinski definition) is 4. The molecule has 5 nitrogen and oxygen atoms in total. The van der Waals surface area contributed by atoms with Crippen LogP contribution in [0.1, 0.15) is 40.7 Å². The van der Waals surface area contributed by atoms with Crippen molar-refractivity contribution < 1.29 is 10.0 Å². The van der Waals surface area contributed by atoms with Crippen LogP contribution >= 0.6 is 11.9 Å². The van der Waals surface area contributed by atoms with Crippen molar-refractivity contribution in [2.24, 2.45) is 5.90 Å². The first-order valence-corrected chi connectivity index (χ1v) is 9.75. The zero-order valence-electron chi connectivity index (χ0n) is 15.0. The Kier molecular flexibility index (Phi) is 6.19. The summed E-state index contributed by atoms with van der Waals surface area (Å²) in [6.07, 6.45) is 6.88. The minimum absolute atomic E-state index is 0.130. The molecule has 5 N–H and O–H groups in total. The first-order valence-electron chi connectivity index (χ1n) is 8.93. The second-order valence-corrected chi connectivity index (χ2v) is 7.58. The molecule has 0 heterocycles. The topological polar surface area (TPSA) is 87.4 Å². The molecule has 138 valence electrons. The second kappa shape index (κ2) is 8.58. The molecule has 0 saturated carbocycles. The van der Waals surface area contributed by atoms with Gasteiger partial charge in [0.05, 0.1) is 0 Å². The molecular weight excluding hydrogens is 346 g/mol. The third-order valence-electron chi connectivity index (χ3n) is 4.99. The summed E-state index contributed by atoms with van der Waals surface area (Å²) < 4.78 is 2.92. The van der Waals surface area contributed by atoms with Gasteiger partial charge in [0.25, 0.3) is 0 Å². The molecule has 0 fully saturated rings. The van der Waals surface area contributed by atoms with Crippen molar-refractivity contribution in [2.45, 2.75) is 50.3 Å². The van der Waals surface area contributed by atoms with Gasteiger partial charge >= 0.3 is 6.03 Å². The van der Waals surface area contributed by atoms with Crippen LogP contribution in [-0.2, 0) is 25.7 Å². The number of carbonyl (C=O) groups excluding carboxylic acids is 1. The van der Waals surface area contributed by atoms with Gasteiger partial charge in [-0.25, -0.2) is 10.7 Å². The van der Waals surface area contributed by atoms with Crippen molar-refractivity contribution in [3.05, 3.63) is 58.1 Å². The van der Waals surface area contributed by atoms with E-state index in [0.717, 1.165) is 36.3 Å². The lowest BCUT2D eigenvalue weighted by Gasteiger charge is -2.16. The van der Waals surface area contributed by atoms with Crippen LogP contribution in [-0.4, -0.2) is 11.2 Å². The van der Waals surface area contributed by atoms with Crippen LogP contribution in [0.5, 0.6) is 0 Å². The highest BCUT2D eigenvalue weighted by molar-refractivity contribution is 7.98. The van der Waals surface area contributed by atoms with Gasteiger partial charge in [-0.15, -0.1) is 0 Å². The van der Waals surface area contributed by atoms with E-state index >= 15 is 0 Å². The maximum atomic E-state index is 12.4. The number of amides is 2. The molecule has 0 atom stereocenters. The van der Waals surface area contributed by atoms with Crippen molar-refractivity contribution in [2.75, 3.05) is 5.32 Å². The van der Waals surface area contributed by atoms with E-state index in [-0.39, 0.29) is 6.03 Å². The quantitative estimate of drug-likeness (QED) is 0.482. The number of nitrogens with one attached hydrogen (secondary N) is 2. The zero-order valence-corrected chi connectivity index (χ0v) is 15.8. The monoisotopic (exact) mass is 371 g/mol.